The minimum absolute atomic E-state index is 0.0884. The van der Waals surface area contributed by atoms with Crippen LogP contribution < -0.4 is 0 Å². The van der Waals surface area contributed by atoms with Gasteiger partial charge in [-0.25, -0.2) is 0 Å². The summed E-state index contributed by atoms with van der Waals surface area (Å²) in [6, 6.07) is 0. The summed E-state index contributed by atoms with van der Waals surface area (Å²) < 4.78 is 16.7. The number of hydrogen-bond donors (Lipinski definition) is 0. The third-order valence-electron chi connectivity index (χ3n) is 11.3. The molecule has 0 aliphatic rings. The van der Waals surface area contributed by atoms with Crippen LogP contribution in [0.3, 0.4) is 0 Å². The summed E-state index contributed by atoms with van der Waals surface area (Å²) in [5.41, 5.74) is 0. The first-order valence-corrected chi connectivity index (χ1v) is 26.3. The Morgan fingerprint density at radius 3 is 1.08 bits per heavy atom. The van der Waals surface area contributed by atoms with Gasteiger partial charge >= 0.3 is 17.9 Å². The van der Waals surface area contributed by atoms with Crippen molar-refractivity contribution in [3.05, 3.63) is 60.8 Å². The Hall–Kier alpha value is -2.89. The highest BCUT2D eigenvalue weighted by Crippen LogP contribution is 2.15. The maximum Gasteiger partial charge on any atom is 0.306 e. The van der Waals surface area contributed by atoms with E-state index >= 15 is 0 Å². The highest BCUT2D eigenvalue weighted by atomic mass is 16.6. The third kappa shape index (κ3) is 48.1. The Morgan fingerprint density at radius 2 is 0.645 bits per heavy atom. The number of carbonyl (C=O) groups is 3. The highest BCUT2D eigenvalue weighted by Gasteiger charge is 2.19. The van der Waals surface area contributed by atoms with E-state index in [-0.39, 0.29) is 31.1 Å². The quantitative estimate of drug-likeness (QED) is 0.0262. The lowest BCUT2D eigenvalue weighted by Crippen LogP contribution is -2.30. The zero-order valence-corrected chi connectivity index (χ0v) is 40.9. The molecule has 6 nitrogen and oxygen atoms in total. The first-order chi connectivity index (χ1) is 30.5. The van der Waals surface area contributed by atoms with Crippen LogP contribution in [0.4, 0.5) is 0 Å². The van der Waals surface area contributed by atoms with Crippen molar-refractivity contribution in [1.82, 2.24) is 0 Å². The van der Waals surface area contributed by atoms with E-state index in [0.717, 1.165) is 83.5 Å². The van der Waals surface area contributed by atoms with Crippen molar-refractivity contribution in [2.75, 3.05) is 13.2 Å². The number of hydrogen-bond acceptors (Lipinski definition) is 6. The minimum atomic E-state index is -0.787. The van der Waals surface area contributed by atoms with Gasteiger partial charge in [0.2, 0.25) is 0 Å². The second-order valence-corrected chi connectivity index (χ2v) is 17.4. The largest absolute Gasteiger partial charge is 0.462 e. The molecule has 0 spiro atoms. The van der Waals surface area contributed by atoms with Crippen molar-refractivity contribution in [3.8, 4) is 0 Å². The lowest BCUT2D eigenvalue weighted by Gasteiger charge is -2.18. The number of ether oxygens (including phenoxy) is 3. The Kier molecular flexibility index (Phi) is 48.4. The van der Waals surface area contributed by atoms with Gasteiger partial charge in [-0.2, -0.15) is 0 Å². The fourth-order valence-corrected chi connectivity index (χ4v) is 7.32. The molecule has 0 rings (SSSR count). The van der Waals surface area contributed by atoms with Crippen LogP contribution in [0.2, 0.25) is 0 Å². The predicted octanol–water partition coefficient (Wildman–Crippen LogP) is 17.3. The molecule has 1 atom stereocenters. The van der Waals surface area contributed by atoms with Gasteiger partial charge in [-0.1, -0.05) is 223 Å². The minimum Gasteiger partial charge on any atom is -0.462 e. The van der Waals surface area contributed by atoms with E-state index in [1.165, 1.54) is 128 Å². The van der Waals surface area contributed by atoms with E-state index in [9.17, 15) is 14.4 Å². The van der Waals surface area contributed by atoms with Crippen molar-refractivity contribution in [3.63, 3.8) is 0 Å². The van der Waals surface area contributed by atoms with Crippen LogP contribution in [0, 0.1) is 0 Å². The molecule has 1 unspecified atom stereocenters. The van der Waals surface area contributed by atoms with Gasteiger partial charge in [-0.15, -0.1) is 0 Å². The second kappa shape index (κ2) is 50.8. The van der Waals surface area contributed by atoms with Crippen molar-refractivity contribution in [1.29, 1.82) is 0 Å². The second-order valence-electron chi connectivity index (χ2n) is 17.4. The lowest BCUT2D eigenvalue weighted by molar-refractivity contribution is -0.167. The third-order valence-corrected chi connectivity index (χ3v) is 11.3. The van der Waals surface area contributed by atoms with Crippen LogP contribution in [0.15, 0.2) is 60.8 Å². The lowest BCUT2D eigenvalue weighted by atomic mass is 10.0. The molecular formula is C56H98O6. The molecule has 6 heteroatoms. The SMILES string of the molecule is CC/C=C\C/C=C\C/C=C\C/C=C\CCCCCCCCC(=O)OCC(COC(=O)CCC/C=C\CCCCCC)OC(=O)CCCCCCCCCCCCCCCCCC. The molecule has 62 heavy (non-hydrogen) atoms. The topological polar surface area (TPSA) is 78.9 Å². The highest BCUT2D eigenvalue weighted by molar-refractivity contribution is 5.71. The summed E-state index contributed by atoms with van der Waals surface area (Å²) in [6.45, 7) is 6.47. The van der Waals surface area contributed by atoms with Crippen LogP contribution in [0.1, 0.15) is 258 Å². The smallest absolute Gasteiger partial charge is 0.306 e. The summed E-state index contributed by atoms with van der Waals surface area (Å²) in [4.78, 5) is 37.9. The summed E-state index contributed by atoms with van der Waals surface area (Å²) in [5.74, 6) is -0.931. The summed E-state index contributed by atoms with van der Waals surface area (Å²) >= 11 is 0. The molecule has 358 valence electrons. The van der Waals surface area contributed by atoms with Crippen molar-refractivity contribution >= 4 is 17.9 Å². The van der Waals surface area contributed by atoms with Crippen molar-refractivity contribution < 1.29 is 28.6 Å². The first-order valence-electron chi connectivity index (χ1n) is 26.3. The van der Waals surface area contributed by atoms with Gasteiger partial charge in [0.15, 0.2) is 6.10 Å². The van der Waals surface area contributed by atoms with Gasteiger partial charge < -0.3 is 14.2 Å². The molecule has 0 aromatic rings. The summed E-state index contributed by atoms with van der Waals surface area (Å²) in [6.07, 6.45) is 62.2. The average molecular weight is 867 g/mol. The number of esters is 3. The molecule has 0 fully saturated rings. The molecule has 0 amide bonds. The molecule has 0 aromatic heterocycles. The van der Waals surface area contributed by atoms with E-state index in [2.05, 4.69) is 81.5 Å². The normalized spacial score (nSPS) is 12.5. The average Bonchev–Trinajstić information content (AvgIpc) is 3.27. The molecule has 0 N–H and O–H groups in total. The fourth-order valence-electron chi connectivity index (χ4n) is 7.32. The first kappa shape index (κ1) is 59.1. The van der Waals surface area contributed by atoms with Crippen LogP contribution in [-0.2, 0) is 28.6 Å². The monoisotopic (exact) mass is 867 g/mol. The zero-order valence-electron chi connectivity index (χ0n) is 40.9. The molecule has 0 saturated carbocycles. The maximum absolute atomic E-state index is 12.8. The van der Waals surface area contributed by atoms with E-state index in [0.29, 0.717) is 25.7 Å². The molecule has 0 aromatic carbocycles. The molecule has 0 radical (unpaired) electrons. The van der Waals surface area contributed by atoms with Gasteiger partial charge in [0, 0.05) is 19.3 Å². The zero-order chi connectivity index (χ0) is 45.1. The molecule has 0 heterocycles. The Morgan fingerprint density at radius 1 is 0.339 bits per heavy atom. The van der Waals surface area contributed by atoms with Crippen LogP contribution in [0.25, 0.3) is 0 Å². The van der Waals surface area contributed by atoms with Crippen LogP contribution in [-0.4, -0.2) is 37.2 Å². The van der Waals surface area contributed by atoms with Gasteiger partial charge in [-0.05, 0) is 77.0 Å². The Balaban J connectivity index is 4.33. The van der Waals surface area contributed by atoms with E-state index < -0.39 is 6.10 Å². The van der Waals surface area contributed by atoms with E-state index in [4.69, 9.17) is 14.2 Å². The number of carbonyl (C=O) groups excluding carboxylic acids is 3. The van der Waals surface area contributed by atoms with Gasteiger partial charge in [0.05, 0.1) is 0 Å². The fraction of sp³-hybridized carbons (Fsp3) is 0.768. The number of unbranched alkanes of at least 4 members (excludes halogenated alkanes) is 26. The molecule has 0 bridgehead atoms. The summed E-state index contributed by atoms with van der Waals surface area (Å²) in [7, 11) is 0. The van der Waals surface area contributed by atoms with Gasteiger partial charge in [0.1, 0.15) is 13.2 Å². The molecule has 0 aliphatic heterocycles. The van der Waals surface area contributed by atoms with Crippen LogP contribution >= 0.6 is 0 Å². The Bertz CT molecular complexity index is 1130. The maximum atomic E-state index is 12.8. The number of rotatable bonds is 47. The Labute approximate surface area is 383 Å². The van der Waals surface area contributed by atoms with Crippen molar-refractivity contribution in [2.45, 2.75) is 264 Å². The molecule has 0 saturated heterocycles. The van der Waals surface area contributed by atoms with Gasteiger partial charge in [0.25, 0.3) is 0 Å². The van der Waals surface area contributed by atoms with E-state index in [1.807, 2.05) is 0 Å². The van der Waals surface area contributed by atoms with Crippen molar-refractivity contribution in [2.24, 2.45) is 0 Å². The molecular weight excluding hydrogens is 769 g/mol. The van der Waals surface area contributed by atoms with Crippen LogP contribution in [0.5, 0.6) is 0 Å². The standard InChI is InChI=1S/C56H98O6/c1-4-7-10-13-16-19-21-23-25-27-28-29-31-32-34-37-40-43-46-49-55(58)61-52-53(51-60-54(57)48-45-42-39-36-18-15-12-9-6-3)62-56(59)50-47-44-41-38-35-33-30-26-24-22-20-17-14-11-8-5-2/h7,10,16,19,23,25,28-29,36,39,53H,4-6,8-9,11-15,17-18,20-22,24,26-27,30-35,37-38,40-52H2,1-3H3/b10-7-,19-16-,25-23-,29-28-,39-36-. The van der Waals surface area contributed by atoms with E-state index in [1.54, 1.807) is 0 Å². The van der Waals surface area contributed by atoms with Gasteiger partial charge in [-0.3, -0.25) is 14.4 Å². The summed E-state index contributed by atoms with van der Waals surface area (Å²) in [5, 5.41) is 0. The predicted molar refractivity (Wildman–Crippen MR) is 265 cm³/mol. The number of allylic oxidation sites excluding steroid dienone is 10. The molecule has 0 aliphatic carbocycles.